The summed E-state index contributed by atoms with van der Waals surface area (Å²) in [5, 5.41) is 12.4. The van der Waals surface area contributed by atoms with Crippen LogP contribution in [0.1, 0.15) is 31.1 Å². The molecule has 6 heteroatoms. The highest BCUT2D eigenvalue weighted by Gasteiger charge is 2.38. The van der Waals surface area contributed by atoms with Gasteiger partial charge in [0.15, 0.2) is 5.69 Å². The number of aliphatic hydroxyl groups is 1. The van der Waals surface area contributed by atoms with E-state index in [1.54, 1.807) is 13.8 Å². The van der Waals surface area contributed by atoms with Crippen LogP contribution in [0.3, 0.4) is 0 Å². The maximum Gasteiger partial charge on any atom is 0.435 e. The van der Waals surface area contributed by atoms with Crippen LogP contribution in [0.5, 0.6) is 0 Å². The lowest BCUT2D eigenvalue weighted by Gasteiger charge is -2.05. The zero-order chi connectivity index (χ0) is 11.8. The minimum Gasteiger partial charge on any atom is -0.508 e. The van der Waals surface area contributed by atoms with Crippen molar-refractivity contribution < 1.29 is 18.3 Å². The quantitative estimate of drug-likeness (QED) is 0.778. The molecule has 1 N–H and O–H groups in total. The maximum atomic E-state index is 12.5. The minimum atomic E-state index is -4.58. The van der Waals surface area contributed by atoms with E-state index in [4.69, 9.17) is 5.11 Å². The Morgan fingerprint density at radius 3 is 2.33 bits per heavy atom. The van der Waals surface area contributed by atoms with Crippen LogP contribution in [-0.4, -0.2) is 14.9 Å². The second-order valence-electron chi connectivity index (χ2n) is 3.41. The number of aromatic nitrogens is 2. The Morgan fingerprint density at radius 1 is 1.53 bits per heavy atom. The summed E-state index contributed by atoms with van der Waals surface area (Å²) >= 11 is 0. The summed E-state index contributed by atoms with van der Waals surface area (Å²) in [6, 6.07) is -0.209. The Hall–Kier alpha value is -1.46. The normalized spacial score (nSPS) is 12.1. The van der Waals surface area contributed by atoms with Gasteiger partial charge in [-0.2, -0.15) is 18.3 Å². The van der Waals surface area contributed by atoms with Crippen molar-refractivity contribution >= 4 is 5.76 Å². The first-order valence-electron chi connectivity index (χ1n) is 4.28. The highest BCUT2D eigenvalue weighted by atomic mass is 19.4. The molecular formula is C9H11F3N2O. The molecule has 0 fully saturated rings. The zero-order valence-corrected chi connectivity index (χ0v) is 8.34. The SMILES string of the molecule is C=C(O)c1cn(C(C)C)nc1C(F)(F)F. The molecule has 0 spiro atoms. The Kier molecular flexibility index (Phi) is 2.79. The van der Waals surface area contributed by atoms with Crippen molar-refractivity contribution in [2.45, 2.75) is 26.1 Å². The molecule has 0 saturated carbocycles. The summed E-state index contributed by atoms with van der Waals surface area (Å²) < 4.78 is 38.5. The number of rotatable bonds is 2. The molecule has 0 bridgehead atoms. The Labute approximate surface area is 84.8 Å². The van der Waals surface area contributed by atoms with Gasteiger partial charge in [0.05, 0.1) is 5.56 Å². The fourth-order valence-corrected chi connectivity index (χ4v) is 1.08. The summed E-state index contributed by atoms with van der Waals surface area (Å²) in [6.07, 6.45) is -3.45. The third-order valence-electron chi connectivity index (χ3n) is 1.84. The smallest absolute Gasteiger partial charge is 0.435 e. The lowest BCUT2D eigenvalue weighted by Crippen LogP contribution is -2.10. The molecular weight excluding hydrogens is 209 g/mol. The summed E-state index contributed by atoms with van der Waals surface area (Å²) in [5.41, 5.74) is -1.49. The van der Waals surface area contributed by atoms with Crippen LogP contribution in [0, 0.1) is 0 Å². The molecule has 0 aliphatic rings. The fourth-order valence-electron chi connectivity index (χ4n) is 1.08. The number of nitrogens with zero attached hydrogens (tertiary/aromatic N) is 2. The van der Waals surface area contributed by atoms with Crippen molar-refractivity contribution in [2.75, 3.05) is 0 Å². The predicted molar refractivity (Wildman–Crippen MR) is 49.3 cm³/mol. The second-order valence-corrected chi connectivity index (χ2v) is 3.41. The van der Waals surface area contributed by atoms with E-state index < -0.39 is 17.6 Å². The summed E-state index contributed by atoms with van der Waals surface area (Å²) in [6.45, 7) is 6.46. The van der Waals surface area contributed by atoms with Gasteiger partial charge in [-0.1, -0.05) is 6.58 Å². The van der Waals surface area contributed by atoms with Gasteiger partial charge in [0, 0.05) is 12.2 Å². The van der Waals surface area contributed by atoms with Crippen LogP contribution in [0.25, 0.3) is 5.76 Å². The third kappa shape index (κ3) is 2.31. The van der Waals surface area contributed by atoms with E-state index in [1.807, 2.05) is 0 Å². The average Bonchev–Trinajstić information content (AvgIpc) is 2.45. The van der Waals surface area contributed by atoms with Crippen molar-refractivity contribution in [3.63, 3.8) is 0 Å². The summed E-state index contributed by atoms with van der Waals surface area (Å²) in [5.74, 6) is -0.630. The molecule has 0 atom stereocenters. The standard InChI is InChI=1S/C9H11F3N2O/c1-5(2)14-4-7(6(3)15)8(13-14)9(10,11)12/h4-5,15H,3H2,1-2H3. The van der Waals surface area contributed by atoms with E-state index >= 15 is 0 Å². The van der Waals surface area contributed by atoms with Gasteiger partial charge in [0.1, 0.15) is 5.76 Å². The van der Waals surface area contributed by atoms with Crippen molar-refractivity contribution in [3.8, 4) is 0 Å². The first-order chi connectivity index (χ1) is 6.73. The number of hydrogen-bond donors (Lipinski definition) is 1. The van der Waals surface area contributed by atoms with Crippen molar-refractivity contribution in [2.24, 2.45) is 0 Å². The van der Waals surface area contributed by atoms with Crippen LogP contribution < -0.4 is 0 Å². The molecule has 1 aromatic heterocycles. The second kappa shape index (κ2) is 3.60. The zero-order valence-electron chi connectivity index (χ0n) is 8.34. The van der Waals surface area contributed by atoms with Gasteiger partial charge in [-0.3, -0.25) is 4.68 Å². The number of halogens is 3. The van der Waals surface area contributed by atoms with Crippen LogP contribution in [0.4, 0.5) is 13.2 Å². The van der Waals surface area contributed by atoms with E-state index in [9.17, 15) is 13.2 Å². The van der Waals surface area contributed by atoms with Crippen LogP contribution in [0.15, 0.2) is 12.8 Å². The molecule has 1 rings (SSSR count). The minimum absolute atomic E-state index is 0.209. The first-order valence-corrected chi connectivity index (χ1v) is 4.28. The lowest BCUT2D eigenvalue weighted by molar-refractivity contribution is -0.141. The van der Waals surface area contributed by atoms with Gasteiger partial charge in [-0.25, -0.2) is 0 Å². The Balaban J connectivity index is 3.30. The maximum absolute atomic E-state index is 12.5. The van der Waals surface area contributed by atoms with Gasteiger partial charge in [-0.05, 0) is 13.8 Å². The van der Waals surface area contributed by atoms with Crippen molar-refractivity contribution in [3.05, 3.63) is 24.0 Å². The monoisotopic (exact) mass is 220 g/mol. The number of aliphatic hydroxyl groups excluding tert-OH is 1. The van der Waals surface area contributed by atoms with Crippen molar-refractivity contribution in [1.29, 1.82) is 0 Å². The van der Waals surface area contributed by atoms with Gasteiger partial charge in [-0.15, -0.1) is 0 Å². The van der Waals surface area contributed by atoms with Crippen molar-refractivity contribution in [1.82, 2.24) is 9.78 Å². The first kappa shape index (κ1) is 11.6. The molecule has 0 aliphatic heterocycles. The average molecular weight is 220 g/mol. The van der Waals surface area contributed by atoms with Crippen LogP contribution in [0.2, 0.25) is 0 Å². The van der Waals surface area contributed by atoms with Gasteiger partial charge in [0.25, 0.3) is 0 Å². The van der Waals surface area contributed by atoms with E-state index in [0.29, 0.717) is 0 Å². The van der Waals surface area contributed by atoms with E-state index in [1.165, 1.54) is 0 Å². The summed E-state index contributed by atoms with van der Waals surface area (Å²) in [4.78, 5) is 0. The molecule has 84 valence electrons. The third-order valence-corrected chi connectivity index (χ3v) is 1.84. The molecule has 1 heterocycles. The van der Waals surface area contributed by atoms with Gasteiger partial charge >= 0.3 is 6.18 Å². The molecule has 15 heavy (non-hydrogen) atoms. The van der Waals surface area contributed by atoms with Gasteiger partial charge in [0.2, 0.25) is 0 Å². The number of hydrogen-bond acceptors (Lipinski definition) is 2. The highest BCUT2D eigenvalue weighted by Crippen LogP contribution is 2.33. The molecule has 0 radical (unpaired) electrons. The Morgan fingerprint density at radius 2 is 2.07 bits per heavy atom. The lowest BCUT2D eigenvalue weighted by atomic mass is 10.2. The van der Waals surface area contributed by atoms with Crippen LogP contribution in [-0.2, 0) is 6.18 Å². The molecule has 1 aromatic rings. The molecule has 0 amide bonds. The largest absolute Gasteiger partial charge is 0.508 e. The molecule has 0 aromatic carbocycles. The molecule has 3 nitrogen and oxygen atoms in total. The van der Waals surface area contributed by atoms with E-state index in [-0.39, 0.29) is 11.6 Å². The van der Waals surface area contributed by atoms with Crippen LogP contribution >= 0.6 is 0 Å². The summed E-state index contributed by atoms with van der Waals surface area (Å²) in [7, 11) is 0. The molecule has 0 unspecified atom stereocenters. The molecule has 0 saturated heterocycles. The number of alkyl halides is 3. The van der Waals surface area contributed by atoms with E-state index in [2.05, 4.69) is 11.7 Å². The highest BCUT2D eigenvalue weighted by molar-refractivity contribution is 5.58. The fraction of sp³-hybridized carbons (Fsp3) is 0.444. The predicted octanol–water partition coefficient (Wildman–Crippen LogP) is 3.01. The Bertz CT molecular complexity index is 379. The van der Waals surface area contributed by atoms with E-state index in [0.717, 1.165) is 10.9 Å². The topological polar surface area (TPSA) is 38.0 Å². The van der Waals surface area contributed by atoms with Gasteiger partial charge < -0.3 is 5.11 Å². The molecule has 0 aliphatic carbocycles.